The van der Waals surface area contributed by atoms with Gasteiger partial charge in [0, 0.05) is 25.0 Å². The Hall–Kier alpha value is -1.63. The lowest BCUT2D eigenvalue weighted by atomic mass is 9.94. The number of piperidine rings is 1. The van der Waals surface area contributed by atoms with Crippen molar-refractivity contribution in [3.63, 3.8) is 0 Å². The van der Waals surface area contributed by atoms with E-state index in [0.29, 0.717) is 5.91 Å². The quantitative estimate of drug-likeness (QED) is 0.792. The standard InChI is InChI=1S/C19H32N4O3/c1-14(17(24)21-19(26)20-16-6-7-16)22-12-8-15(9-13-22)18(25)23-10-4-2-3-5-11-23/h14-16H,2-13H2,1H3,(H2,20,21,24,26). The van der Waals surface area contributed by atoms with Crippen LogP contribution in [-0.2, 0) is 9.59 Å². The predicted molar refractivity (Wildman–Crippen MR) is 98.5 cm³/mol. The Morgan fingerprint density at radius 1 is 0.885 bits per heavy atom. The molecule has 3 rings (SSSR count). The number of nitrogens with zero attached hydrogens (tertiary/aromatic N) is 2. The van der Waals surface area contributed by atoms with Gasteiger partial charge < -0.3 is 10.2 Å². The first-order valence-electron chi connectivity index (χ1n) is 10.2. The molecule has 1 aliphatic carbocycles. The van der Waals surface area contributed by atoms with Gasteiger partial charge >= 0.3 is 6.03 Å². The van der Waals surface area contributed by atoms with Crippen LogP contribution in [0.4, 0.5) is 4.79 Å². The summed E-state index contributed by atoms with van der Waals surface area (Å²) < 4.78 is 0. The van der Waals surface area contributed by atoms with E-state index in [9.17, 15) is 14.4 Å². The van der Waals surface area contributed by atoms with Crippen molar-refractivity contribution in [2.24, 2.45) is 5.92 Å². The number of imide groups is 1. The molecule has 3 aliphatic rings. The lowest BCUT2D eigenvalue weighted by Crippen LogP contribution is -2.52. The monoisotopic (exact) mass is 364 g/mol. The van der Waals surface area contributed by atoms with Crippen molar-refractivity contribution in [1.29, 1.82) is 0 Å². The van der Waals surface area contributed by atoms with Crippen LogP contribution in [0.1, 0.15) is 58.3 Å². The molecule has 1 saturated carbocycles. The molecule has 4 amide bonds. The van der Waals surface area contributed by atoms with Crippen LogP contribution in [0.5, 0.6) is 0 Å². The Balaban J connectivity index is 1.42. The number of likely N-dealkylation sites (tertiary alicyclic amines) is 2. The molecule has 26 heavy (non-hydrogen) atoms. The molecule has 3 fully saturated rings. The smallest absolute Gasteiger partial charge is 0.321 e. The lowest BCUT2D eigenvalue weighted by molar-refractivity contribution is -0.137. The molecule has 7 heteroatoms. The fourth-order valence-electron chi connectivity index (χ4n) is 3.91. The summed E-state index contributed by atoms with van der Waals surface area (Å²) in [6, 6.07) is -0.511. The minimum Gasteiger partial charge on any atom is -0.342 e. The molecule has 2 heterocycles. The van der Waals surface area contributed by atoms with Crippen molar-refractivity contribution in [2.75, 3.05) is 26.2 Å². The van der Waals surface area contributed by atoms with E-state index in [1.807, 2.05) is 11.8 Å². The third kappa shape index (κ3) is 5.19. The van der Waals surface area contributed by atoms with Gasteiger partial charge in [0.25, 0.3) is 0 Å². The number of amides is 4. The van der Waals surface area contributed by atoms with Crippen molar-refractivity contribution in [3.05, 3.63) is 0 Å². The highest BCUT2D eigenvalue weighted by molar-refractivity contribution is 5.97. The summed E-state index contributed by atoms with van der Waals surface area (Å²) in [6.45, 7) is 5.07. The Bertz CT molecular complexity index is 519. The molecule has 2 aliphatic heterocycles. The fourth-order valence-corrected chi connectivity index (χ4v) is 3.91. The van der Waals surface area contributed by atoms with Gasteiger partial charge in [-0.05, 0) is 58.5 Å². The van der Waals surface area contributed by atoms with Crippen molar-refractivity contribution >= 4 is 17.8 Å². The summed E-state index contributed by atoms with van der Waals surface area (Å²) in [5, 5.41) is 5.20. The van der Waals surface area contributed by atoms with Crippen LogP contribution in [0.3, 0.4) is 0 Å². The average Bonchev–Trinajstić information content (AvgIpc) is 3.47. The van der Waals surface area contributed by atoms with Gasteiger partial charge in [-0.15, -0.1) is 0 Å². The number of carbonyl (C=O) groups excluding carboxylic acids is 3. The number of nitrogens with one attached hydrogen (secondary N) is 2. The first-order valence-corrected chi connectivity index (χ1v) is 10.2. The second kappa shape index (κ2) is 8.84. The maximum absolute atomic E-state index is 12.7. The van der Waals surface area contributed by atoms with Gasteiger partial charge in [-0.25, -0.2) is 4.79 Å². The second-order valence-electron chi connectivity index (χ2n) is 7.96. The van der Waals surface area contributed by atoms with E-state index in [1.165, 1.54) is 12.8 Å². The highest BCUT2D eigenvalue weighted by atomic mass is 16.2. The third-order valence-electron chi connectivity index (χ3n) is 5.87. The molecule has 1 unspecified atom stereocenters. The molecule has 146 valence electrons. The summed E-state index contributed by atoms with van der Waals surface area (Å²) in [7, 11) is 0. The van der Waals surface area contributed by atoms with E-state index in [0.717, 1.165) is 64.7 Å². The zero-order chi connectivity index (χ0) is 18.5. The van der Waals surface area contributed by atoms with Gasteiger partial charge in [-0.1, -0.05) is 12.8 Å². The Morgan fingerprint density at radius 3 is 2.08 bits per heavy atom. The maximum Gasteiger partial charge on any atom is 0.321 e. The van der Waals surface area contributed by atoms with Crippen LogP contribution in [0.2, 0.25) is 0 Å². The van der Waals surface area contributed by atoms with E-state index >= 15 is 0 Å². The van der Waals surface area contributed by atoms with E-state index in [4.69, 9.17) is 0 Å². The molecule has 2 saturated heterocycles. The molecule has 0 aromatic rings. The first kappa shape index (κ1) is 19.1. The predicted octanol–water partition coefficient (Wildman–Crippen LogP) is 1.48. The van der Waals surface area contributed by atoms with Gasteiger partial charge in [0.1, 0.15) is 0 Å². The topological polar surface area (TPSA) is 81.8 Å². The second-order valence-corrected chi connectivity index (χ2v) is 7.96. The minimum absolute atomic E-state index is 0.0813. The zero-order valence-corrected chi connectivity index (χ0v) is 15.8. The van der Waals surface area contributed by atoms with E-state index < -0.39 is 6.03 Å². The number of hydrogen-bond donors (Lipinski definition) is 2. The third-order valence-corrected chi connectivity index (χ3v) is 5.87. The van der Waals surface area contributed by atoms with E-state index in [-0.39, 0.29) is 23.9 Å². The van der Waals surface area contributed by atoms with Crippen LogP contribution in [-0.4, -0.2) is 65.9 Å². The van der Waals surface area contributed by atoms with E-state index in [1.54, 1.807) is 0 Å². The van der Waals surface area contributed by atoms with Gasteiger partial charge in [0.2, 0.25) is 11.8 Å². The molecule has 0 spiro atoms. The van der Waals surface area contributed by atoms with Crippen molar-refractivity contribution in [3.8, 4) is 0 Å². The normalized spacial score (nSPS) is 23.8. The zero-order valence-electron chi connectivity index (χ0n) is 15.8. The number of hydrogen-bond acceptors (Lipinski definition) is 4. The molecule has 1 atom stereocenters. The highest BCUT2D eigenvalue weighted by Crippen LogP contribution is 2.23. The van der Waals surface area contributed by atoms with Gasteiger partial charge in [-0.3, -0.25) is 19.8 Å². The summed E-state index contributed by atoms with van der Waals surface area (Å²) in [5.74, 6) is 0.116. The molecule has 7 nitrogen and oxygen atoms in total. The van der Waals surface area contributed by atoms with E-state index in [2.05, 4.69) is 15.5 Å². The summed E-state index contributed by atoms with van der Waals surface area (Å²) in [4.78, 5) is 40.9. The lowest BCUT2D eigenvalue weighted by Gasteiger charge is -2.36. The van der Waals surface area contributed by atoms with Crippen LogP contribution in [0, 0.1) is 5.92 Å². The summed E-state index contributed by atoms with van der Waals surface area (Å²) >= 11 is 0. The minimum atomic E-state index is -0.393. The molecular formula is C19H32N4O3. The van der Waals surface area contributed by atoms with Gasteiger partial charge in [-0.2, -0.15) is 0 Å². The molecule has 2 N–H and O–H groups in total. The first-order chi connectivity index (χ1) is 12.5. The van der Waals surface area contributed by atoms with Crippen LogP contribution in [0.15, 0.2) is 0 Å². The number of rotatable bonds is 4. The van der Waals surface area contributed by atoms with Gasteiger partial charge in [0.05, 0.1) is 6.04 Å². The Kier molecular flexibility index (Phi) is 6.51. The molecule has 0 aromatic carbocycles. The maximum atomic E-state index is 12.7. The van der Waals surface area contributed by atoms with Gasteiger partial charge in [0.15, 0.2) is 0 Å². The van der Waals surface area contributed by atoms with Crippen LogP contribution < -0.4 is 10.6 Å². The molecule has 0 aromatic heterocycles. The number of urea groups is 1. The van der Waals surface area contributed by atoms with Crippen molar-refractivity contribution in [2.45, 2.75) is 70.4 Å². The van der Waals surface area contributed by atoms with Crippen LogP contribution in [0.25, 0.3) is 0 Å². The highest BCUT2D eigenvalue weighted by Gasteiger charge is 2.32. The average molecular weight is 364 g/mol. The summed E-state index contributed by atoms with van der Waals surface area (Å²) in [5.41, 5.74) is 0. The SMILES string of the molecule is CC(C(=O)NC(=O)NC1CC1)N1CCC(C(=O)N2CCCCCC2)CC1. The largest absolute Gasteiger partial charge is 0.342 e. The Labute approximate surface area is 155 Å². The molecule has 0 bridgehead atoms. The van der Waals surface area contributed by atoms with Crippen molar-refractivity contribution in [1.82, 2.24) is 20.4 Å². The number of carbonyl (C=O) groups is 3. The molecule has 0 radical (unpaired) electrons. The van der Waals surface area contributed by atoms with Crippen molar-refractivity contribution < 1.29 is 14.4 Å². The molecular weight excluding hydrogens is 332 g/mol. The summed E-state index contributed by atoms with van der Waals surface area (Å²) in [6.07, 6.45) is 8.26. The van der Waals surface area contributed by atoms with Crippen LogP contribution >= 0.6 is 0 Å². The fraction of sp³-hybridized carbons (Fsp3) is 0.842. The Morgan fingerprint density at radius 2 is 1.50 bits per heavy atom.